The van der Waals surface area contributed by atoms with Crippen LogP contribution in [0, 0.1) is 0 Å². The predicted molar refractivity (Wildman–Crippen MR) is 117 cm³/mol. The fraction of sp³-hybridized carbons (Fsp3) is 0.261. The van der Waals surface area contributed by atoms with Crippen LogP contribution in [0.15, 0.2) is 61.2 Å². The van der Waals surface area contributed by atoms with E-state index in [-0.39, 0.29) is 11.6 Å². The molecule has 0 aliphatic rings. The van der Waals surface area contributed by atoms with Gasteiger partial charge in [0.2, 0.25) is 0 Å². The molecule has 2 aromatic carbocycles. The molecule has 32 heavy (non-hydrogen) atoms. The third-order valence-corrected chi connectivity index (χ3v) is 5.60. The predicted octanol–water partition coefficient (Wildman–Crippen LogP) is 5.28. The number of nitrogens with zero attached hydrogens (tertiary/aromatic N) is 2. The van der Waals surface area contributed by atoms with Gasteiger partial charge in [0, 0.05) is 24.0 Å². The van der Waals surface area contributed by atoms with Crippen molar-refractivity contribution in [3.05, 3.63) is 82.9 Å². The summed E-state index contributed by atoms with van der Waals surface area (Å²) in [7, 11) is 1.76. The summed E-state index contributed by atoms with van der Waals surface area (Å²) < 4.78 is 39.7. The summed E-state index contributed by atoms with van der Waals surface area (Å²) >= 11 is 5.96. The highest BCUT2D eigenvalue weighted by atomic mass is 35.5. The Bertz CT molecular complexity index is 1070. The van der Waals surface area contributed by atoms with Gasteiger partial charge in [-0.1, -0.05) is 42.8 Å². The third-order valence-electron chi connectivity index (χ3n) is 5.19. The van der Waals surface area contributed by atoms with Gasteiger partial charge < -0.3 is 10.6 Å². The fourth-order valence-corrected chi connectivity index (χ4v) is 3.85. The largest absolute Gasteiger partial charge is 0.417 e. The summed E-state index contributed by atoms with van der Waals surface area (Å²) in [5, 5.41) is 5.41. The zero-order valence-corrected chi connectivity index (χ0v) is 18.2. The number of hydrogen-bond acceptors (Lipinski definition) is 4. The maximum absolute atomic E-state index is 13.2. The molecule has 0 saturated heterocycles. The van der Waals surface area contributed by atoms with E-state index in [0.717, 1.165) is 22.8 Å². The standard InChI is InChI=1S/C23H22ClF3N4O/c1-3-19(28-2)21(15-7-4-6-14(10-15)16-11-29-13-30-12-16)31-22(32)17-8-5-9-18(20(17)24)23(25,26)27/h4-13,19,21,28H,3H2,1-2H3,(H,31,32)/t19-,21-/m0/s1. The minimum absolute atomic E-state index is 0.175. The lowest BCUT2D eigenvalue weighted by molar-refractivity contribution is -0.137. The SMILES string of the molecule is CC[C@H](NC)[C@@H](NC(=O)c1cccc(C(F)(F)F)c1Cl)c1cccc(-c2cncnc2)c1. The van der Waals surface area contributed by atoms with Gasteiger partial charge in [-0.15, -0.1) is 0 Å². The van der Waals surface area contributed by atoms with E-state index in [1.807, 2.05) is 31.2 Å². The van der Waals surface area contributed by atoms with Gasteiger partial charge in [-0.2, -0.15) is 13.2 Å². The summed E-state index contributed by atoms with van der Waals surface area (Å²) in [6.45, 7) is 1.95. The Morgan fingerprint density at radius 2 is 1.78 bits per heavy atom. The highest BCUT2D eigenvalue weighted by Gasteiger charge is 2.35. The van der Waals surface area contributed by atoms with E-state index in [0.29, 0.717) is 6.42 Å². The number of amides is 1. The molecule has 3 aromatic rings. The molecule has 0 aliphatic carbocycles. The summed E-state index contributed by atoms with van der Waals surface area (Å²) in [5.41, 5.74) is 1.16. The molecule has 5 nitrogen and oxygen atoms in total. The topological polar surface area (TPSA) is 66.9 Å². The molecule has 1 aromatic heterocycles. The minimum atomic E-state index is -4.66. The Hall–Kier alpha value is -2.97. The van der Waals surface area contributed by atoms with Crippen LogP contribution in [0.3, 0.4) is 0 Å². The molecule has 9 heteroatoms. The Kier molecular flexibility index (Phi) is 7.48. The van der Waals surface area contributed by atoms with Crippen molar-refractivity contribution in [2.24, 2.45) is 0 Å². The molecular formula is C23H22ClF3N4O. The summed E-state index contributed by atoms with van der Waals surface area (Å²) in [6.07, 6.45) is 0.796. The molecule has 0 aliphatic heterocycles. The number of likely N-dealkylation sites (N-methyl/N-ethyl adjacent to an activating group) is 1. The lowest BCUT2D eigenvalue weighted by atomic mass is 9.94. The van der Waals surface area contributed by atoms with E-state index >= 15 is 0 Å². The lowest BCUT2D eigenvalue weighted by Crippen LogP contribution is -2.42. The normalized spacial score (nSPS) is 13.4. The van der Waals surface area contributed by atoms with Crippen molar-refractivity contribution in [3.8, 4) is 11.1 Å². The van der Waals surface area contributed by atoms with E-state index in [4.69, 9.17) is 11.6 Å². The highest BCUT2D eigenvalue weighted by Crippen LogP contribution is 2.36. The van der Waals surface area contributed by atoms with Gasteiger partial charge in [0.15, 0.2) is 0 Å². The van der Waals surface area contributed by atoms with Crippen LogP contribution in [0.5, 0.6) is 0 Å². The van der Waals surface area contributed by atoms with Crippen molar-refractivity contribution in [1.82, 2.24) is 20.6 Å². The van der Waals surface area contributed by atoms with E-state index in [9.17, 15) is 18.0 Å². The summed E-state index contributed by atoms with van der Waals surface area (Å²) in [5.74, 6) is -0.687. The van der Waals surface area contributed by atoms with Crippen molar-refractivity contribution in [3.63, 3.8) is 0 Å². The number of carbonyl (C=O) groups is 1. The molecule has 0 radical (unpaired) electrons. The van der Waals surface area contributed by atoms with Crippen molar-refractivity contribution >= 4 is 17.5 Å². The van der Waals surface area contributed by atoms with Gasteiger partial charge in [-0.25, -0.2) is 9.97 Å². The Labute approximate surface area is 189 Å². The lowest BCUT2D eigenvalue weighted by Gasteiger charge is -2.28. The molecule has 1 amide bonds. The first-order chi connectivity index (χ1) is 15.3. The first-order valence-corrected chi connectivity index (χ1v) is 10.3. The second kappa shape index (κ2) is 10.1. The van der Waals surface area contributed by atoms with Crippen LogP contribution in [-0.4, -0.2) is 29.0 Å². The molecule has 3 rings (SSSR count). The van der Waals surface area contributed by atoms with E-state index < -0.39 is 28.7 Å². The molecule has 2 atom stereocenters. The third kappa shape index (κ3) is 5.26. The van der Waals surface area contributed by atoms with Crippen molar-refractivity contribution < 1.29 is 18.0 Å². The van der Waals surface area contributed by atoms with Gasteiger partial charge in [0.05, 0.1) is 22.2 Å². The number of aromatic nitrogens is 2. The van der Waals surface area contributed by atoms with Crippen LogP contribution in [0.25, 0.3) is 11.1 Å². The molecule has 0 spiro atoms. The van der Waals surface area contributed by atoms with Crippen LogP contribution < -0.4 is 10.6 Å². The average molecular weight is 463 g/mol. The van der Waals surface area contributed by atoms with Gasteiger partial charge in [-0.05, 0) is 42.8 Å². The molecule has 168 valence electrons. The van der Waals surface area contributed by atoms with Gasteiger partial charge >= 0.3 is 6.18 Å². The number of carbonyl (C=O) groups excluding carboxylic acids is 1. The minimum Gasteiger partial charge on any atom is -0.344 e. The number of rotatable bonds is 7. The van der Waals surface area contributed by atoms with E-state index in [1.54, 1.807) is 19.4 Å². The van der Waals surface area contributed by atoms with Crippen molar-refractivity contribution in [2.75, 3.05) is 7.05 Å². The van der Waals surface area contributed by atoms with E-state index in [1.165, 1.54) is 18.5 Å². The molecule has 2 N–H and O–H groups in total. The van der Waals surface area contributed by atoms with Gasteiger partial charge in [0.1, 0.15) is 6.33 Å². The Morgan fingerprint density at radius 1 is 1.09 bits per heavy atom. The molecule has 0 saturated carbocycles. The molecule has 0 unspecified atom stereocenters. The monoisotopic (exact) mass is 462 g/mol. The number of alkyl halides is 3. The second-order valence-electron chi connectivity index (χ2n) is 7.17. The van der Waals surface area contributed by atoms with E-state index in [2.05, 4.69) is 20.6 Å². The van der Waals surface area contributed by atoms with Crippen LogP contribution in [0.2, 0.25) is 5.02 Å². The average Bonchev–Trinajstić information content (AvgIpc) is 2.79. The Balaban J connectivity index is 1.98. The van der Waals surface area contributed by atoms with Crippen molar-refractivity contribution in [2.45, 2.75) is 31.6 Å². The zero-order chi connectivity index (χ0) is 23.3. The molecule has 0 bridgehead atoms. The maximum atomic E-state index is 13.2. The summed E-state index contributed by atoms with van der Waals surface area (Å²) in [4.78, 5) is 21.1. The van der Waals surface area contributed by atoms with Crippen LogP contribution >= 0.6 is 11.6 Å². The quantitative estimate of drug-likeness (QED) is 0.501. The number of hydrogen-bond donors (Lipinski definition) is 2. The smallest absolute Gasteiger partial charge is 0.344 e. The van der Waals surface area contributed by atoms with Gasteiger partial charge in [-0.3, -0.25) is 4.79 Å². The summed E-state index contributed by atoms with van der Waals surface area (Å²) in [6, 6.07) is 10.1. The zero-order valence-electron chi connectivity index (χ0n) is 17.4. The maximum Gasteiger partial charge on any atom is 0.417 e. The fourth-order valence-electron chi connectivity index (χ4n) is 3.53. The highest BCUT2D eigenvalue weighted by molar-refractivity contribution is 6.34. The number of nitrogens with one attached hydrogen (secondary N) is 2. The van der Waals surface area contributed by atoms with Crippen LogP contribution in [0.4, 0.5) is 13.2 Å². The first-order valence-electron chi connectivity index (χ1n) is 9.95. The molecular weight excluding hydrogens is 441 g/mol. The molecule has 0 fully saturated rings. The van der Waals surface area contributed by atoms with Crippen LogP contribution in [0.1, 0.15) is 40.9 Å². The van der Waals surface area contributed by atoms with Crippen molar-refractivity contribution in [1.29, 1.82) is 0 Å². The Morgan fingerprint density at radius 3 is 2.41 bits per heavy atom. The molecule has 1 heterocycles. The number of benzene rings is 2. The van der Waals surface area contributed by atoms with Gasteiger partial charge in [0.25, 0.3) is 5.91 Å². The first kappa shape index (κ1) is 23.7. The second-order valence-corrected chi connectivity index (χ2v) is 7.55. The number of halogens is 4. The van der Waals surface area contributed by atoms with Crippen LogP contribution in [-0.2, 0) is 6.18 Å².